The van der Waals surface area contributed by atoms with Crippen LogP contribution in [-0.2, 0) is 4.79 Å². The normalized spacial score (nSPS) is 17.6. The van der Waals surface area contributed by atoms with Crippen molar-refractivity contribution in [1.82, 2.24) is 9.88 Å². The third-order valence-electron chi connectivity index (χ3n) is 4.15. The highest BCUT2D eigenvalue weighted by Gasteiger charge is 2.24. The lowest BCUT2D eigenvalue weighted by molar-refractivity contribution is -0.132. The summed E-state index contributed by atoms with van der Waals surface area (Å²) in [7, 11) is 0. The summed E-state index contributed by atoms with van der Waals surface area (Å²) in [5.74, 6) is 1.67. The van der Waals surface area contributed by atoms with Crippen molar-refractivity contribution in [3.05, 3.63) is 24.4 Å². The van der Waals surface area contributed by atoms with E-state index in [0.29, 0.717) is 5.92 Å². The molecule has 0 aliphatic carbocycles. The van der Waals surface area contributed by atoms with Crippen LogP contribution in [-0.4, -0.2) is 48.0 Å². The fourth-order valence-corrected chi connectivity index (χ4v) is 2.86. The zero-order valence-electron chi connectivity index (χ0n) is 13.0. The number of aromatic nitrogens is 1. The third kappa shape index (κ3) is 4.17. The van der Waals surface area contributed by atoms with E-state index in [1.807, 2.05) is 30.2 Å². The predicted molar refractivity (Wildman–Crippen MR) is 85.1 cm³/mol. The van der Waals surface area contributed by atoms with Gasteiger partial charge in [-0.1, -0.05) is 6.07 Å². The van der Waals surface area contributed by atoms with Gasteiger partial charge in [-0.15, -0.1) is 0 Å². The van der Waals surface area contributed by atoms with Crippen molar-refractivity contribution in [1.29, 1.82) is 0 Å². The molecule has 0 radical (unpaired) electrons. The van der Waals surface area contributed by atoms with Crippen LogP contribution in [0.15, 0.2) is 24.4 Å². The van der Waals surface area contributed by atoms with E-state index in [1.54, 1.807) is 6.92 Å². The molecule has 1 atom stereocenters. The van der Waals surface area contributed by atoms with Crippen molar-refractivity contribution < 1.29 is 4.79 Å². The molecule has 1 aliphatic rings. The second-order valence-corrected chi connectivity index (χ2v) is 5.78. The van der Waals surface area contributed by atoms with Gasteiger partial charge in [-0.2, -0.15) is 0 Å². The molecule has 1 aromatic heterocycles. The molecule has 2 rings (SSSR count). The molecule has 0 saturated carbocycles. The summed E-state index contributed by atoms with van der Waals surface area (Å²) in [6, 6.07) is 5.61. The second kappa shape index (κ2) is 7.41. The molecule has 1 aromatic rings. The number of piperidine rings is 1. The highest BCUT2D eigenvalue weighted by Crippen LogP contribution is 2.22. The second-order valence-electron chi connectivity index (χ2n) is 5.78. The van der Waals surface area contributed by atoms with Crippen LogP contribution < -0.4 is 10.6 Å². The Bertz CT molecular complexity index is 441. The van der Waals surface area contributed by atoms with Crippen LogP contribution in [0.4, 0.5) is 5.82 Å². The van der Waals surface area contributed by atoms with Crippen molar-refractivity contribution in [3.8, 4) is 0 Å². The number of hydrogen-bond acceptors (Lipinski definition) is 4. The van der Waals surface area contributed by atoms with Gasteiger partial charge in [-0.05, 0) is 44.7 Å². The highest BCUT2D eigenvalue weighted by atomic mass is 16.2. The monoisotopic (exact) mass is 290 g/mol. The lowest BCUT2D eigenvalue weighted by atomic mass is 9.96. The first-order chi connectivity index (χ1) is 10.1. The van der Waals surface area contributed by atoms with Crippen LogP contribution in [0, 0.1) is 5.92 Å². The minimum Gasteiger partial charge on any atom is -0.357 e. The SMILES string of the molecule is CCN(CC1CCN(c2ccccn2)CC1)C(=O)C(C)N. The van der Waals surface area contributed by atoms with Crippen molar-refractivity contribution in [2.45, 2.75) is 32.7 Å². The molecule has 1 saturated heterocycles. The largest absolute Gasteiger partial charge is 0.357 e. The molecule has 2 N–H and O–H groups in total. The maximum atomic E-state index is 12.0. The Morgan fingerprint density at radius 1 is 1.48 bits per heavy atom. The average Bonchev–Trinajstić information content (AvgIpc) is 2.53. The van der Waals surface area contributed by atoms with Crippen molar-refractivity contribution in [2.24, 2.45) is 11.7 Å². The van der Waals surface area contributed by atoms with Gasteiger partial charge in [0.15, 0.2) is 0 Å². The molecule has 0 bridgehead atoms. The standard InChI is InChI=1S/C16H26N4O/c1-3-19(16(21)13(2)17)12-14-7-10-20(11-8-14)15-6-4-5-9-18-15/h4-6,9,13-14H,3,7-8,10-12,17H2,1-2H3. The molecule has 2 heterocycles. The fourth-order valence-electron chi connectivity index (χ4n) is 2.86. The van der Waals surface area contributed by atoms with Crippen molar-refractivity contribution >= 4 is 11.7 Å². The number of likely N-dealkylation sites (N-methyl/N-ethyl adjacent to an activating group) is 1. The number of carbonyl (C=O) groups is 1. The molecule has 21 heavy (non-hydrogen) atoms. The Morgan fingerprint density at radius 3 is 2.71 bits per heavy atom. The summed E-state index contributed by atoms with van der Waals surface area (Å²) in [4.78, 5) is 20.6. The zero-order valence-corrected chi connectivity index (χ0v) is 13.0. The van der Waals surface area contributed by atoms with Gasteiger partial charge in [0, 0.05) is 32.4 Å². The van der Waals surface area contributed by atoms with E-state index in [2.05, 4.69) is 16.0 Å². The number of carbonyl (C=O) groups excluding carboxylic acids is 1. The first-order valence-electron chi connectivity index (χ1n) is 7.82. The van der Waals surface area contributed by atoms with Gasteiger partial charge in [-0.25, -0.2) is 4.98 Å². The smallest absolute Gasteiger partial charge is 0.239 e. The summed E-state index contributed by atoms with van der Waals surface area (Å²) >= 11 is 0. The first-order valence-corrected chi connectivity index (χ1v) is 7.82. The Morgan fingerprint density at radius 2 is 2.19 bits per heavy atom. The van der Waals surface area contributed by atoms with Gasteiger partial charge in [-0.3, -0.25) is 4.79 Å². The van der Waals surface area contributed by atoms with Crippen LogP contribution in [0.3, 0.4) is 0 Å². The Kier molecular flexibility index (Phi) is 5.56. The first kappa shape index (κ1) is 15.8. The van der Waals surface area contributed by atoms with Gasteiger partial charge < -0.3 is 15.5 Å². The molecule has 0 spiro atoms. The minimum absolute atomic E-state index is 0.0599. The van der Waals surface area contributed by atoms with Gasteiger partial charge in [0.1, 0.15) is 5.82 Å². The predicted octanol–water partition coefficient (Wildman–Crippen LogP) is 1.49. The number of amides is 1. The molecule has 1 fully saturated rings. The van der Waals surface area contributed by atoms with Crippen LogP contribution >= 0.6 is 0 Å². The fraction of sp³-hybridized carbons (Fsp3) is 0.625. The summed E-state index contributed by atoms with van der Waals surface area (Å²) in [6.07, 6.45) is 4.03. The lowest BCUT2D eigenvalue weighted by Crippen LogP contribution is -2.46. The highest BCUT2D eigenvalue weighted by molar-refractivity contribution is 5.81. The van der Waals surface area contributed by atoms with E-state index in [9.17, 15) is 4.79 Å². The maximum Gasteiger partial charge on any atom is 0.239 e. The number of nitrogens with zero attached hydrogens (tertiary/aromatic N) is 3. The number of anilines is 1. The maximum absolute atomic E-state index is 12.0. The number of nitrogens with two attached hydrogens (primary N) is 1. The molecular formula is C16H26N4O. The van der Waals surface area contributed by atoms with Gasteiger partial charge in [0.05, 0.1) is 6.04 Å². The number of rotatable bonds is 5. The Labute approximate surface area is 127 Å². The molecule has 5 nitrogen and oxygen atoms in total. The minimum atomic E-state index is -0.404. The van der Waals surface area contributed by atoms with Gasteiger partial charge in [0.25, 0.3) is 0 Å². The molecule has 1 unspecified atom stereocenters. The number of pyridine rings is 1. The average molecular weight is 290 g/mol. The van der Waals surface area contributed by atoms with Crippen LogP contribution in [0.5, 0.6) is 0 Å². The van der Waals surface area contributed by atoms with E-state index in [1.165, 1.54) is 0 Å². The molecule has 116 valence electrons. The summed E-state index contributed by atoms with van der Waals surface area (Å²) in [5, 5.41) is 0. The Hall–Kier alpha value is -1.62. The van der Waals surface area contributed by atoms with Gasteiger partial charge in [0.2, 0.25) is 5.91 Å². The van der Waals surface area contributed by atoms with Crippen molar-refractivity contribution in [2.75, 3.05) is 31.1 Å². The molecule has 1 amide bonds. The van der Waals surface area contributed by atoms with E-state index < -0.39 is 6.04 Å². The van der Waals surface area contributed by atoms with Crippen LogP contribution in [0.1, 0.15) is 26.7 Å². The number of hydrogen-bond donors (Lipinski definition) is 1. The zero-order chi connectivity index (χ0) is 15.2. The van der Waals surface area contributed by atoms with Crippen LogP contribution in [0.25, 0.3) is 0 Å². The van der Waals surface area contributed by atoms with Crippen LogP contribution in [0.2, 0.25) is 0 Å². The van der Waals surface area contributed by atoms with E-state index in [-0.39, 0.29) is 5.91 Å². The molecule has 5 heteroatoms. The summed E-state index contributed by atoms with van der Waals surface area (Å²) in [6.45, 7) is 7.35. The molecule has 1 aliphatic heterocycles. The van der Waals surface area contributed by atoms with Gasteiger partial charge >= 0.3 is 0 Å². The Balaban J connectivity index is 1.85. The topological polar surface area (TPSA) is 62.5 Å². The summed E-state index contributed by atoms with van der Waals surface area (Å²) in [5.41, 5.74) is 5.71. The van der Waals surface area contributed by atoms with Crippen molar-refractivity contribution in [3.63, 3.8) is 0 Å². The lowest BCUT2D eigenvalue weighted by Gasteiger charge is -2.35. The molecular weight excluding hydrogens is 264 g/mol. The van der Waals surface area contributed by atoms with E-state index >= 15 is 0 Å². The molecule has 0 aromatic carbocycles. The summed E-state index contributed by atoms with van der Waals surface area (Å²) < 4.78 is 0. The quantitative estimate of drug-likeness (QED) is 0.892. The van der Waals surface area contributed by atoms with E-state index in [4.69, 9.17) is 5.73 Å². The van der Waals surface area contributed by atoms with E-state index in [0.717, 1.165) is 44.8 Å². The third-order valence-corrected chi connectivity index (χ3v) is 4.15.